The molecule has 4 heteroatoms. The Labute approximate surface area is 119 Å². The third-order valence-electron chi connectivity index (χ3n) is 4.07. The van der Waals surface area contributed by atoms with Gasteiger partial charge in [0.05, 0.1) is 6.10 Å². The fourth-order valence-electron chi connectivity index (χ4n) is 2.82. The molecule has 1 unspecified atom stereocenters. The minimum atomic E-state index is -0.401. The van der Waals surface area contributed by atoms with Crippen LogP contribution < -0.4 is 5.32 Å². The molecule has 0 bridgehead atoms. The molecular weight excluding hydrogens is 258 g/mol. The Bertz CT molecular complexity index is 433. The van der Waals surface area contributed by atoms with Crippen molar-refractivity contribution in [2.24, 2.45) is 0 Å². The van der Waals surface area contributed by atoms with Crippen molar-refractivity contribution < 1.29 is 9.90 Å². The molecule has 0 radical (unpaired) electrons. The zero-order valence-corrected chi connectivity index (χ0v) is 12.6. The highest BCUT2D eigenvalue weighted by atomic mass is 32.1. The molecule has 1 aromatic heterocycles. The first-order valence-electron chi connectivity index (χ1n) is 7.12. The number of amides is 1. The molecule has 106 valence electrons. The summed E-state index contributed by atoms with van der Waals surface area (Å²) in [5, 5.41) is 12.7. The number of nitrogens with one attached hydrogen (secondary N) is 1. The topological polar surface area (TPSA) is 49.3 Å². The van der Waals surface area contributed by atoms with Crippen LogP contribution in [-0.4, -0.2) is 17.6 Å². The van der Waals surface area contributed by atoms with Gasteiger partial charge in [0.1, 0.15) is 0 Å². The Kier molecular flexibility index (Phi) is 4.63. The second-order valence-corrected chi connectivity index (χ2v) is 6.61. The Morgan fingerprint density at radius 2 is 2.16 bits per heavy atom. The van der Waals surface area contributed by atoms with Gasteiger partial charge < -0.3 is 10.4 Å². The third kappa shape index (κ3) is 3.18. The molecule has 0 saturated heterocycles. The third-order valence-corrected chi connectivity index (χ3v) is 5.57. The minimum Gasteiger partial charge on any atom is -0.388 e. The average molecular weight is 281 g/mol. The average Bonchev–Trinajstić information content (AvgIpc) is 3.05. The van der Waals surface area contributed by atoms with Crippen molar-refractivity contribution in [1.29, 1.82) is 0 Å². The first-order valence-corrected chi connectivity index (χ1v) is 7.94. The second-order valence-electron chi connectivity index (χ2n) is 5.50. The van der Waals surface area contributed by atoms with Gasteiger partial charge in [0.2, 0.25) is 5.91 Å². The second kappa shape index (κ2) is 6.06. The van der Waals surface area contributed by atoms with E-state index in [1.807, 2.05) is 13.0 Å². The number of hydrogen-bond donors (Lipinski definition) is 2. The molecule has 0 aromatic carbocycles. The molecule has 2 rings (SSSR count). The number of hydrogen-bond acceptors (Lipinski definition) is 3. The van der Waals surface area contributed by atoms with Crippen LogP contribution >= 0.6 is 11.3 Å². The fourth-order valence-corrected chi connectivity index (χ4v) is 4.01. The van der Waals surface area contributed by atoms with Crippen LogP contribution in [0.4, 0.5) is 0 Å². The summed E-state index contributed by atoms with van der Waals surface area (Å²) in [6, 6.07) is 4.16. The van der Waals surface area contributed by atoms with Crippen LogP contribution in [0, 0.1) is 0 Å². The minimum absolute atomic E-state index is 0.0998. The number of carbonyl (C=O) groups is 1. The highest BCUT2D eigenvalue weighted by Crippen LogP contribution is 2.44. The van der Waals surface area contributed by atoms with Crippen LogP contribution in [0.1, 0.15) is 61.8 Å². The predicted octanol–water partition coefficient (Wildman–Crippen LogP) is 3.14. The lowest BCUT2D eigenvalue weighted by atomic mass is 9.84. The molecule has 1 heterocycles. The van der Waals surface area contributed by atoms with Gasteiger partial charge in [0, 0.05) is 28.1 Å². The smallest absolute Gasteiger partial charge is 0.219 e. The van der Waals surface area contributed by atoms with Gasteiger partial charge in [-0.2, -0.15) is 0 Å². The fraction of sp³-hybridized carbons (Fsp3) is 0.667. The van der Waals surface area contributed by atoms with Gasteiger partial charge >= 0.3 is 0 Å². The van der Waals surface area contributed by atoms with Crippen molar-refractivity contribution in [3.63, 3.8) is 0 Å². The highest BCUT2D eigenvalue weighted by molar-refractivity contribution is 7.12. The maximum atomic E-state index is 11.5. The standard InChI is InChI=1S/C15H23NO2S/c1-3-14(18)16-10-15(8-4-5-9-15)13-7-6-12(19-13)11(2)17/h6-7,11,17H,3-5,8-10H2,1-2H3,(H,16,18). The highest BCUT2D eigenvalue weighted by Gasteiger charge is 2.37. The summed E-state index contributed by atoms with van der Waals surface area (Å²) in [7, 11) is 0. The van der Waals surface area contributed by atoms with E-state index in [4.69, 9.17) is 0 Å². The van der Waals surface area contributed by atoms with Crippen LogP contribution in [0.2, 0.25) is 0 Å². The summed E-state index contributed by atoms with van der Waals surface area (Å²) in [6.45, 7) is 4.42. The molecular formula is C15H23NO2S. The van der Waals surface area contributed by atoms with Crippen molar-refractivity contribution in [2.75, 3.05) is 6.54 Å². The molecule has 19 heavy (non-hydrogen) atoms. The molecule has 3 nitrogen and oxygen atoms in total. The number of aliphatic hydroxyl groups excluding tert-OH is 1. The largest absolute Gasteiger partial charge is 0.388 e. The van der Waals surface area contributed by atoms with Crippen LogP contribution in [0.3, 0.4) is 0 Å². The maximum Gasteiger partial charge on any atom is 0.219 e. The molecule has 1 fully saturated rings. The van der Waals surface area contributed by atoms with E-state index in [0.717, 1.165) is 24.3 Å². The summed E-state index contributed by atoms with van der Waals surface area (Å²) < 4.78 is 0. The van der Waals surface area contributed by atoms with Crippen molar-refractivity contribution in [2.45, 2.75) is 57.5 Å². The monoisotopic (exact) mass is 281 g/mol. The van der Waals surface area contributed by atoms with E-state index in [1.54, 1.807) is 18.3 Å². The molecule has 1 saturated carbocycles. The van der Waals surface area contributed by atoms with E-state index in [0.29, 0.717) is 6.42 Å². The van der Waals surface area contributed by atoms with Gasteiger partial charge in [-0.25, -0.2) is 0 Å². The van der Waals surface area contributed by atoms with Crippen molar-refractivity contribution in [3.05, 3.63) is 21.9 Å². The molecule has 1 aliphatic rings. The molecule has 0 aliphatic heterocycles. The van der Waals surface area contributed by atoms with Gasteiger partial charge in [0.15, 0.2) is 0 Å². The predicted molar refractivity (Wildman–Crippen MR) is 78.4 cm³/mol. The Morgan fingerprint density at radius 3 is 2.68 bits per heavy atom. The first kappa shape index (κ1) is 14.5. The zero-order valence-electron chi connectivity index (χ0n) is 11.7. The number of aliphatic hydroxyl groups is 1. The lowest BCUT2D eigenvalue weighted by molar-refractivity contribution is -0.121. The van der Waals surface area contributed by atoms with Crippen molar-refractivity contribution >= 4 is 17.2 Å². The summed E-state index contributed by atoms with van der Waals surface area (Å²) in [4.78, 5) is 13.8. The summed E-state index contributed by atoms with van der Waals surface area (Å²) in [5.74, 6) is 0.124. The molecule has 0 spiro atoms. The van der Waals surface area contributed by atoms with Crippen LogP contribution in [0.25, 0.3) is 0 Å². The summed E-state index contributed by atoms with van der Waals surface area (Å²) in [6.07, 6.45) is 4.86. The first-order chi connectivity index (χ1) is 9.07. The van der Waals surface area contributed by atoms with Gasteiger partial charge in [-0.1, -0.05) is 19.8 Å². The molecule has 1 aliphatic carbocycles. The lowest BCUT2D eigenvalue weighted by Crippen LogP contribution is -2.38. The molecule has 1 atom stereocenters. The van der Waals surface area contributed by atoms with E-state index >= 15 is 0 Å². The maximum absolute atomic E-state index is 11.5. The van der Waals surface area contributed by atoms with E-state index in [1.165, 1.54) is 17.7 Å². The lowest BCUT2D eigenvalue weighted by Gasteiger charge is -2.28. The van der Waals surface area contributed by atoms with Crippen LogP contribution in [0.15, 0.2) is 12.1 Å². The van der Waals surface area contributed by atoms with Gasteiger partial charge in [-0.05, 0) is 31.9 Å². The number of rotatable bonds is 5. The van der Waals surface area contributed by atoms with E-state index in [9.17, 15) is 9.90 Å². The quantitative estimate of drug-likeness (QED) is 0.871. The summed E-state index contributed by atoms with van der Waals surface area (Å²) >= 11 is 1.70. The van der Waals surface area contributed by atoms with Crippen LogP contribution in [-0.2, 0) is 10.2 Å². The van der Waals surface area contributed by atoms with E-state index in [-0.39, 0.29) is 11.3 Å². The number of thiophene rings is 1. The SMILES string of the molecule is CCC(=O)NCC1(c2ccc(C(C)O)s2)CCCC1. The zero-order chi connectivity index (χ0) is 13.9. The molecule has 2 N–H and O–H groups in total. The van der Waals surface area contributed by atoms with Gasteiger partial charge in [0.25, 0.3) is 0 Å². The Hall–Kier alpha value is -0.870. The normalized spacial score (nSPS) is 19.3. The van der Waals surface area contributed by atoms with E-state index < -0.39 is 6.10 Å². The molecule has 1 aromatic rings. The van der Waals surface area contributed by atoms with Crippen LogP contribution in [0.5, 0.6) is 0 Å². The van der Waals surface area contributed by atoms with Gasteiger partial charge in [-0.15, -0.1) is 11.3 Å². The number of carbonyl (C=O) groups excluding carboxylic acids is 1. The van der Waals surface area contributed by atoms with Crippen molar-refractivity contribution in [1.82, 2.24) is 5.32 Å². The molecule has 1 amide bonds. The van der Waals surface area contributed by atoms with Gasteiger partial charge in [-0.3, -0.25) is 4.79 Å². The Morgan fingerprint density at radius 1 is 1.47 bits per heavy atom. The van der Waals surface area contributed by atoms with Crippen molar-refractivity contribution in [3.8, 4) is 0 Å². The van der Waals surface area contributed by atoms with E-state index in [2.05, 4.69) is 11.4 Å². The Balaban J connectivity index is 2.15. The summed E-state index contributed by atoms with van der Waals surface area (Å²) in [5.41, 5.74) is 0.0998.